The van der Waals surface area contributed by atoms with Crippen LogP contribution in [0.1, 0.15) is 31.2 Å². The largest absolute Gasteiger partial charge is 0.383 e. The number of nitrogens with zero attached hydrogens (tertiary/aromatic N) is 1. The van der Waals surface area contributed by atoms with Gasteiger partial charge in [-0.15, -0.1) is 0 Å². The first kappa shape index (κ1) is 9.50. The predicted octanol–water partition coefficient (Wildman–Crippen LogP) is 2.99. The van der Waals surface area contributed by atoms with Crippen molar-refractivity contribution in [3.05, 3.63) is 24.0 Å². The van der Waals surface area contributed by atoms with Crippen LogP contribution in [0.15, 0.2) is 18.5 Å². The molecule has 0 unspecified atom stereocenters. The molecule has 0 aliphatic heterocycles. The number of anilines is 1. The van der Waals surface area contributed by atoms with Crippen molar-refractivity contribution < 1.29 is 0 Å². The van der Waals surface area contributed by atoms with Gasteiger partial charge in [-0.05, 0) is 37.3 Å². The molecule has 1 aliphatic carbocycles. The molecule has 1 fully saturated rings. The molecule has 0 bridgehead atoms. The van der Waals surface area contributed by atoms with Crippen LogP contribution >= 0.6 is 0 Å². The second kappa shape index (κ2) is 4.45. The van der Waals surface area contributed by atoms with Gasteiger partial charge in [0.25, 0.3) is 0 Å². The predicted molar refractivity (Wildman–Crippen MR) is 59.4 cm³/mol. The van der Waals surface area contributed by atoms with Crippen molar-refractivity contribution >= 4 is 5.69 Å². The molecule has 0 radical (unpaired) electrons. The zero-order valence-corrected chi connectivity index (χ0v) is 8.79. The van der Waals surface area contributed by atoms with Crippen molar-refractivity contribution in [2.45, 2.75) is 32.6 Å². The molecular formula is C12H18N2. The fraction of sp³-hybridized carbons (Fsp3) is 0.583. The van der Waals surface area contributed by atoms with Gasteiger partial charge in [0.15, 0.2) is 0 Å². The first-order valence-electron chi connectivity index (χ1n) is 5.51. The van der Waals surface area contributed by atoms with Gasteiger partial charge in [0.05, 0.1) is 11.9 Å². The Bertz CT molecular complexity index is 290. The summed E-state index contributed by atoms with van der Waals surface area (Å²) in [5, 5.41) is 3.49. The molecule has 2 nitrogen and oxygen atoms in total. The number of hydrogen-bond acceptors (Lipinski definition) is 2. The smallest absolute Gasteiger partial charge is 0.0556 e. The van der Waals surface area contributed by atoms with E-state index in [0.717, 1.165) is 12.5 Å². The van der Waals surface area contributed by atoms with E-state index in [0.29, 0.717) is 0 Å². The highest BCUT2D eigenvalue weighted by atomic mass is 14.9. The van der Waals surface area contributed by atoms with Gasteiger partial charge in [-0.2, -0.15) is 0 Å². The topological polar surface area (TPSA) is 24.9 Å². The lowest BCUT2D eigenvalue weighted by molar-refractivity contribution is 0.579. The quantitative estimate of drug-likeness (QED) is 0.792. The highest BCUT2D eigenvalue weighted by Crippen LogP contribution is 2.25. The Balaban J connectivity index is 1.88. The fourth-order valence-electron chi connectivity index (χ4n) is 2.12. The van der Waals surface area contributed by atoms with E-state index in [-0.39, 0.29) is 0 Å². The standard InChI is InChI=1S/C12H18N2/c1-10-6-7-13-9-12(10)14-8-11-4-2-3-5-11/h6-7,9,11,14H,2-5,8H2,1H3. The number of hydrogen-bond donors (Lipinski definition) is 1. The van der Waals surface area contributed by atoms with Gasteiger partial charge in [0.2, 0.25) is 0 Å². The van der Waals surface area contributed by atoms with E-state index in [9.17, 15) is 0 Å². The third-order valence-electron chi connectivity index (χ3n) is 3.10. The summed E-state index contributed by atoms with van der Waals surface area (Å²) in [5.74, 6) is 0.884. The van der Waals surface area contributed by atoms with Crippen LogP contribution in [0.3, 0.4) is 0 Å². The minimum atomic E-state index is 0.884. The molecule has 0 aromatic carbocycles. The number of nitrogens with one attached hydrogen (secondary N) is 1. The van der Waals surface area contributed by atoms with Gasteiger partial charge in [0.1, 0.15) is 0 Å². The average Bonchev–Trinajstić information content (AvgIpc) is 2.69. The van der Waals surface area contributed by atoms with Gasteiger partial charge in [-0.25, -0.2) is 0 Å². The van der Waals surface area contributed by atoms with Crippen molar-refractivity contribution in [2.75, 3.05) is 11.9 Å². The summed E-state index contributed by atoms with van der Waals surface area (Å²) < 4.78 is 0. The van der Waals surface area contributed by atoms with Crippen LogP contribution in [0, 0.1) is 12.8 Å². The zero-order valence-electron chi connectivity index (χ0n) is 8.79. The molecule has 1 N–H and O–H groups in total. The third kappa shape index (κ3) is 2.25. The normalized spacial score (nSPS) is 17.2. The molecule has 1 saturated carbocycles. The molecule has 1 aromatic heterocycles. The van der Waals surface area contributed by atoms with E-state index < -0.39 is 0 Å². The molecule has 76 valence electrons. The minimum Gasteiger partial charge on any atom is -0.383 e. The monoisotopic (exact) mass is 190 g/mol. The van der Waals surface area contributed by atoms with Gasteiger partial charge in [0, 0.05) is 12.7 Å². The Labute approximate surface area is 85.7 Å². The summed E-state index contributed by atoms with van der Waals surface area (Å²) in [6.45, 7) is 3.24. The molecule has 0 atom stereocenters. The molecule has 1 aromatic rings. The van der Waals surface area contributed by atoms with Gasteiger partial charge in [-0.1, -0.05) is 12.8 Å². The molecule has 2 rings (SSSR count). The molecule has 0 amide bonds. The Hall–Kier alpha value is -1.05. The first-order valence-corrected chi connectivity index (χ1v) is 5.51. The molecule has 1 heterocycles. The highest BCUT2D eigenvalue weighted by molar-refractivity contribution is 5.47. The Morgan fingerprint density at radius 1 is 1.43 bits per heavy atom. The third-order valence-corrected chi connectivity index (χ3v) is 3.10. The molecular weight excluding hydrogens is 172 g/mol. The Morgan fingerprint density at radius 2 is 2.21 bits per heavy atom. The summed E-state index contributed by atoms with van der Waals surface area (Å²) in [7, 11) is 0. The summed E-state index contributed by atoms with van der Waals surface area (Å²) in [6, 6.07) is 2.05. The summed E-state index contributed by atoms with van der Waals surface area (Å²) in [4.78, 5) is 4.13. The van der Waals surface area contributed by atoms with Crippen LogP contribution < -0.4 is 5.32 Å². The number of pyridine rings is 1. The lowest BCUT2D eigenvalue weighted by Gasteiger charge is -2.12. The number of aryl methyl sites for hydroxylation is 1. The molecule has 1 aliphatic rings. The molecule has 14 heavy (non-hydrogen) atoms. The molecule has 2 heteroatoms. The van der Waals surface area contributed by atoms with E-state index in [2.05, 4.69) is 23.3 Å². The van der Waals surface area contributed by atoms with E-state index in [1.165, 1.54) is 36.9 Å². The average molecular weight is 190 g/mol. The first-order chi connectivity index (χ1) is 6.86. The second-order valence-electron chi connectivity index (χ2n) is 4.22. The van der Waals surface area contributed by atoms with Crippen LogP contribution in [-0.4, -0.2) is 11.5 Å². The zero-order chi connectivity index (χ0) is 9.80. The minimum absolute atomic E-state index is 0.884. The van der Waals surface area contributed by atoms with Crippen LogP contribution in [0.5, 0.6) is 0 Å². The van der Waals surface area contributed by atoms with E-state index in [4.69, 9.17) is 0 Å². The van der Waals surface area contributed by atoms with Crippen molar-refractivity contribution in [2.24, 2.45) is 5.92 Å². The van der Waals surface area contributed by atoms with Crippen LogP contribution in [0.4, 0.5) is 5.69 Å². The summed E-state index contributed by atoms with van der Waals surface area (Å²) in [6.07, 6.45) is 9.38. The van der Waals surface area contributed by atoms with E-state index >= 15 is 0 Å². The van der Waals surface area contributed by atoms with Crippen molar-refractivity contribution in [3.63, 3.8) is 0 Å². The lowest BCUT2D eigenvalue weighted by atomic mass is 10.1. The number of rotatable bonds is 3. The molecule has 0 spiro atoms. The van der Waals surface area contributed by atoms with Gasteiger partial charge in [-0.3, -0.25) is 4.98 Å². The van der Waals surface area contributed by atoms with Gasteiger partial charge < -0.3 is 5.32 Å². The van der Waals surface area contributed by atoms with E-state index in [1.54, 1.807) is 0 Å². The molecule has 0 saturated heterocycles. The van der Waals surface area contributed by atoms with Crippen molar-refractivity contribution in [3.8, 4) is 0 Å². The van der Waals surface area contributed by atoms with Crippen molar-refractivity contribution in [1.82, 2.24) is 4.98 Å². The SMILES string of the molecule is Cc1ccncc1NCC1CCCC1. The summed E-state index contributed by atoms with van der Waals surface area (Å²) in [5.41, 5.74) is 2.48. The Kier molecular flexibility index (Phi) is 3.02. The maximum atomic E-state index is 4.13. The fourth-order valence-corrected chi connectivity index (χ4v) is 2.12. The number of aromatic nitrogens is 1. The van der Waals surface area contributed by atoms with Gasteiger partial charge >= 0.3 is 0 Å². The highest BCUT2D eigenvalue weighted by Gasteiger charge is 2.14. The Morgan fingerprint density at radius 3 is 2.93 bits per heavy atom. The summed E-state index contributed by atoms with van der Waals surface area (Å²) >= 11 is 0. The second-order valence-corrected chi connectivity index (χ2v) is 4.22. The van der Waals surface area contributed by atoms with Crippen molar-refractivity contribution in [1.29, 1.82) is 0 Å². The van der Waals surface area contributed by atoms with Crippen LogP contribution in [-0.2, 0) is 0 Å². The van der Waals surface area contributed by atoms with Crippen LogP contribution in [0.2, 0.25) is 0 Å². The van der Waals surface area contributed by atoms with E-state index in [1.807, 2.05) is 12.4 Å². The maximum absolute atomic E-state index is 4.13. The maximum Gasteiger partial charge on any atom is 0.0556 e. The lowest BCUT2D eigenvalue weighted by Crippen LogP contribution is -2.11. The van der Waals surface area contributed by atoms with Crippen LogP contribution in [0.25, 0.3) is 0 Å².